The molecule has 0 saturated carbocycles. The van der Waals surface area contributed by atoms with E-state index in [1.54, 1.807) is 0 Å². The topological polar surface area (TPSA) is 101 Å². The highest BCUT2D eigenvalue weighted by Crippen LogP contribution is 2.36. The minimum absolute atomic E-state index is 0.0671. The van der Waals surface area contributed by atoms with E-state index in [2.05, 4.69) is 0 Å². The molecular weight excluding hydrogens is 261 g/mol. The molecule has 0 spiro atoms. The fourth-order valence-electron chi connectivity index (χ4n) is 1.10. The lowest BCUT2D eigenvalue weighted by Crippen LogP contribution is -2.13. The molecule has 1 aromatic carbocycles. The zero-order valence-corrected chi connectivity index (χ0v) is 9.07. The average Bonchev–Trinajstić information content (AvgIpc) is 2.20. The number of carboxylic acids is 1. The van der Waals surface area contributed by atoms with E-state index in [1.807, 2.05) is 0 Å². The summed E-state index contributed by atoms with van der Waals surface area (Å²) in [5, 5.41) is 28.1. The third-order valence-electron chi connectivity index (χ3n) is 1.81. The van der Waals surface area contributed by atoms with Crippen LogP contribution < -0.4 is 0 Å². The van der Waals surface area contributed by atoms with Crippen molar-refractivity contribution in [2.75, 3.05) is 0 Å². The van der Waals surface area contributed by atoms with Gasteiger partial charge in [0.25, 0.3) is 5.69 Å². The third-order valence-corrected chi connectivity index (χ3v) is 2.63. The summed E-state index contributed by atoms with van der Waals surface area (Å²) >= 11 is 11.2. The molecule has 1 unspecified atom stereocenters. The number of hydrogen-bond donors (Lipinski definition) is 2. The van der Waals surface area contributed by atoms with Crippen LogP contribution in [0, 0.1) is 10.1 Å². The number of aliphatic hydroxyl groups is 1. The van der Waals surface area contributed by atoms with Crippen molar-refractivity contribution in [3.05, 3.63) is 37.9 Å². The van der Waals surface area contributed by atoms with Crippen molar-refractivity contribution >= 4 is 34.9 Å². The molecule has 0 aliphatic rings. The van der Waals surface area contributed by atoms with Crippen LogP contribution >= 0.6 is 23.2 Å². The number of halogens is 2. The van der Waals surface area contributed by atoms with Crippen LogP contribution in [0.3, 0.4) is 0 Å². The predicted octanol–water partition coefficient (Wildman–Crippen LogP) is 2.02. The van der Waals surface area contributed by atoms with E-state index in [-0.39, 0.29) is 10.0 Å². The fourth-order valence-corrected chi connectivity index (χ4v) is 1.53. The molecule has 0 fully saturated rings. The van der Waals surface area contributed by atoms with Crippen LogP contribution in [-0.4, -0.2) is 21.1 Å². The molecule has 0 aliphatic carbocycles. The van der Waals surface area contributed by atoms with Gasteiger partial charge in [-0.25, -0.2) is 4.79 Å². The monoisotopic (exact) mass is 265 g/mol. The smallest absolute Gasteiger partial charge is 0.337 e. The van der Waals surface area contributed by atoms with Crippen LogP contribution in [0.2, 0.25) is 10.0 Å². The minimum Gasteiger partial charge on any atom is -0.479 e. The zero-order valence-electron chi connectivity index (χ0n) is 7.55. The van der Waals surface area contributed by atoms with Gasteiger partial charge in [0.05, 0.1) is 20.5 Å². The first kappa shape index (κ1) is 12.7. The highest BCUT2D eigenvalue weighted by atomic mass is 35.5. The Kier molecular flexibility index (Phi) is 3.69. The molecule has 0 aromatic heterocycles. The zero-order chi connectivity index (χ0) is 12.5. The second kappa shape index (κ2) is 4.65. The number of nitro groups is 1. The first-order valence-electron chi connectivity index (χ1n) is 3.89. The Balaban J connectivity index is 3.49. The molecule has 0 bridgehead atoms. The summed E-state index contributed by atoms with van der Waals surface area (Å²) in [6.45, 7) is 0. The summed E-state index contributed by atoms with van der Waals surface area (Å²) in [5.74, 6) is -1.65. The number of nitrogens with zero attached hydrogens (tertiary/aromatic N) is 1. The Morgan fingerprint density at radius 3 is 2.44 bits per heavy atom. The van der Waals surface area contributed by atoms with Gasteiger partial charge in [-0.2, -0.15) is 0 Å². The van der Waals surface area contributed by atoms with Gasteiger partial charge in [-0.1, -0.05) is 23.2 Å². The molecule has 1 rings (SSSR count). The highest BCUT2D eigenvalue weighted by molar-refractivity contribution is 6.42. The summed E-state index contributed by atoms with van der Waals surface area (Å²) in [6, 6.07) is 2.13. The van der Waals surface area contributed by atoms with Gasteiger partial charge in [-0.3, -0.25) is 10.1 Å². The molecule has 0 saturated heterocycles. The van der Waals surface area contributed by atoms with E-state index in [4.69, 9.17) is 28.3 Å². The largest absolute Gasteiger partial charge is 0.479 e. The molecule has 2 N–H and O–H groups in total. The molecule has 6 nitrogen and oxygen atoms in total. The summed E-state index contributed by atoms with van der Waals surface area (Å²) in [5.41, 5.74) is -1.11. The van der Waals surface area contributed by atoms with Gasteiger partial charge in [0.1, 0.15) is 0 Å². The Morgan fingerprint density at radius 1 is 1.44 bits per heavy atom. The first-order valence-corrected chi connectivity index (χ1v) is 4.65. The number of nitro benzene ring substituents is 1. The van der Waals surface area contributed by atoms with E-state index in [9.17, 15) is 20.0 Å². The summed E-state index contributed by atoms with van der Waals surface area (Å²) in [6.07, 6.45) is -2.09. The summed E-state index contributed by atoms with van der Waals surface area (Å²) in [4.78, 5) is 20.3. The summed E-state index contributed by atoms with van der Waals surface area (Å²) in [7, 11) is 0. The second-order valence-electron chi connectivity index (χ2n) is 2.79. The number of carbonyl (C=O) groups is 1. The molecule has 16 heavy (non-hydrogen) atoms. The Morgan fingerprint density at radius 2 is 2.00 bits per heavy atom. The van der Waals surface area contributed by atoms with E-state index in [0.29, 0.717) is 0 Å². The lowest BCUT2D eigenvalue weighted by molar-refractivity contribution is -0.386. The predicted molar refractivity (Wildman–Crippen MR) is 55.7 cm³/mol. The Labute approximate surface area is 99.2 Å². The molecule has 1 aromatic rings. The first-order chi connectivity index (χ1) is 7.36. The summed E-state index contributed by atoms with van der Waals surface area (Å²) < 4.78 is 0. The average molecular weight is 266 g/mol. The lowest BCUT2D eigenvalue weighted by atomic mass is 10.1. The van der Waals surface area contributed by atoms with Gasteiger partial charge < -0.3 is 10.2 Å². The number of hydrogen-bond acceptors (Lipinski definition) is 4. The van der Waals surface area contributed by atoms with Crippen LogP contribution in [0.4, 0.5) is 5.69 Å². The van der Waals surface area contributed by atoms with E-state index in [0.717, 1.165) is 12.1 Å². The SMILES string of the molecule is O=C(O)C(O)c1c([N+](=O)[O-])ccc(Cl)c1Cl. The molecule has 0 radical (unpaired) electrons. The van der Waals surface area contributed by atoms with Gasteiger partial charge >= 0.3 is 5.97 Å². The van der Waals surface area contributed by atoms with Crippen molar-refractivity contribution in [3.63, 3.8) is 0 Å². The molecule has 0 heterocycles. The van der Waals surface area contributed by atoms with Crippen molar-refractivity contribution in [2.45, 2.75) is 6.10 Å². The maximum absolute atomic E-state index is 10.6. The van der Waals surface area contributed by atoms with E-state index in [1.165, 1.54) is 0 Å². The fraction of sp³-hybridized carbons (Fsp3) is 0.125. The van der Waals surface area contributed by atoms with Crippen LogP contribution in [0.15, 0.2) is 12.1 Å². The van der Waals surface area contributed by atoms with Gasteiger partial charge in [0, 0.05) is 6.07 Å². The van der Waals surface area contributed by atoms with Gasteiger partial charge in [0.2, 0.25) is 0 Å². The number of carboxylic acid groups (broad SMARTS) is 1. The van der Waals surface area contributed by atoms with Crippen molar-refractivity contribution in [3.8, 4) is 0 Å². The van der Waals surface area contributed by atoms with Crippen molar-refractivity contribution in [1.82, 2.24) is 0 Å². The number of benzene rings is 1. The highest BCUT2D eigenvalue weighted by Gasteiger charge is 2.29. The van der Waals surface area contributed by atoms with E-state index >= 15 is 0 Å². The Hall–Kier alpha value is -1.37. The molecular formula is C8H5Cl2NO5. The minimum atomic E-state index is -2.09. The van der Waals surface area contributed by atoms with Gasteiger partial charge in [-0.15, -0.1) is 0 Å². The van der Waals surface area contributed by atoms with Crippen LogP contribution in [-0.2, 0) is 4.79 Å². The lowest BCUT2D eigenvalue weighted by Gasteiger charge is -2.09. The second-order valence-corrected chi connectivity index (χ2v) is 3.58. The van der Waals surface area contributed by atoms with E-state index < -0.39 is 28.2 Å². The maximum Gasteiger partial charge on any atom is 0.337 e. The van der Waals surface area contributed by atoms with Crippen molar-refractivity contribution in [1.29, 1.82) is 0 Å². The number of aliphatic hydroxyl groups excluding tert-OH is 1. The van der Waals surface area contributed by atoms with Crippen molar-refractivity contribution in [2.24, 2.45) is 0 Å². The van der Waals surface area contributed by atoms with Gasteiger partial charge in [-0.05, 0) is 6.07 Å². The van der Waals surface area contributed by atoms with Crippen LogP contribution in [0.1, 0.15) is 11.7 Å². The maximum atomic E-state index is 10.6. The van der Waals surface area contributed by atoms with Gasteiger partial charge in [0.15, 0.2) is 6.10 Å². The van der Waals surface area contributed by atoms with Crippen molar-refractivity contribution < 1.29 is 19.9 Å². The Bertz CT molecular complexity index is 462. The quantitative estimate of drug-likeness (QED) is 0.643. The molecule has 8 heteroatoms. The normalized spacial score (nSPS) is 12.2. The molecule has 0 amide bonds. The molecule has 1 atom stereocenters. The van der Waals surface area contributed by atoms with Crippen LogP contribution in [0.5, 0.6) is 0 Å². The molecule has 86 valence electrons. The number of rotatable bonds is 3. The number of aliphatic carboxylic acids is 1. The van der Waals surface area contributed by atoms with Crippen LogP contribution in [0.25, 0.3) is 0 Å². The third kappa shape index (κ3) is 2.24. The molecule has 0 aliphatic heterocycles. The standard InChI is InChI=1S/C8H5Cl2NO5/c9-3-1-2-4(11(15)16)5(6(3)10)7(12)8(13)14/h1-2,7,12H,(H,13,14).